The van der Waals surface area contributed by atoms with E-state index in [4.69, 9.17) is 9.47 Å². The molecule has 10 nitrogen and oxygen atoms in total. The van der Waals surface area contributed by atoms with Gasteiger partial charge in [-0.3, -0.25) is 9.78 Å². The van der Waals surface area contributed by atoms with Gasteiger partial charge in [-0.05, 0) is 38.8 Å². The van der Waals surface area contributed by atoms with Gasteiger partial charge in [0.25, 0.3) is 0 Å². The Bertz CT molecular complexity index is 1060. The minimum absolute atomic E-state index is 0.0799. The van der Waals surface area contributed by atoms with Crippen LogP contribution in [0.4, 0.5) is 4.79 Å². The van der Waals surface area contributed by atoms with Crippen LogP contribution in [0.15, 0.2) is 41.3 Å². The Kier molecular flexibility index (Phi) is 6.57. The number of nitrogens with one attached hydrogen (secondary N) is 1. The Hall–Kier alpha value is -3.69. The molecule has 0 fully saturated rings. The van der Waals surface area contributed by atoms with Crippen LogP contribution in [0.2, 0.25) is 0 Å². The molecule has 0 saturated heterocycles. The van der Waals surface area contributed by atoms with Gasteiger partial charge in [0.2, 0.25) is 5.91 Å². The molecule has 0 aromatic carbocycles. The van der Waals surface area contributed by atoms with Crippen molar-refractivity contribution in [3.8, 4) is 0 Å². The van der Waals surface area contributed by atoms with Crippen LogP contribution in [0.1, 0.15) is 42.4 Å². The molecule has 2 heterocycles. The third kappa shape index (κ3) is 5.05. The smallest absolute Gasteiger partial charge is 0.410 e. The number of aliphatic imine (C=N–C) groups is 1. The number of likely N-dealkylation sites (N-methyl/N-ethyl adjacent to an activating group) is 1. The number of aromatic nitrogens is 1. The first-order valence-corrected chi connectivity index (χ1v) is 10.4. The molecule has 2 aliphatic rings. The normalized spacial score (nSPS) is 19.6. The van der Waals surface area contributed by atoms with E-state index in [1.807, 2.05) is 0 Å². The number of carboxylic acid groups (broad SMARTS) is 1. The molecule has 1 aromatic heterocycles. The zero-order chi connectivity index (χ0) is 24.4. The predicted octanol–water partition coefficient (Wildman–Crippen LogP) is 2.30. The van der Waals surface area contributed by atoms with E-state index in [0.29, 0.717) is 29.9 Å². The Morgan fingerprint density at radius 2 is 2.12 bits per heavy atom. The van der Waals surface area contributed by atoms with Gasteiger partial charge in [-0.25, -0.2) is 14.6 Å². The summed E-state index contributed by atoms with van der Waals surface area (Å²) in [5.41, 5.74) is 0.571. The zero-order valence-corrected chi connectivity index (χ0v) is 19.2. The minimum atomic E-state index is -1.07. The monoisotopic (exact) mass is 456 g/mol. The highest BCUT2D eigenvalue weighted by atomic mass is 16.6. The number of carbonyl (C=O) groups excluding carboxylic acids is 2. The number of allylic oxidation sites excluding steroid dienone is 1. The van der Waals surface area contributed by atoms with Gasteiger partial charge in [0.1, 0.15) is 18.0 Å². The van der Waals surface area contributed by atoms with Crippen LogP contribution in [-0.2, 0) is 27.1 Å². The van der Waals surface area contributed by atoms with Crippen molar-refractivity contribution in [2.45, 2.75) is 39.2 Å². The molecule has 1 aromatic rings. The average molecular weight is 456 g/mol. The van der Waals surface area contributed by atoms with Crippen molar-refractivity contribution >= 4 is 24.4 Å². The molecular formula is C23H28N4O6. The van der Waals surface area contributed by atoms with Crippen molar-refractivity contribution in [3.05, 3.63) is 53.1 Å². The third-order valence-corrected chi connectivity index (χ3v) is 5.42. The maximum Gasteiger partial charge on any atom is 0.410 e. The summed E-state index contributed by atoms with van der Waals surface area (Å²) in [6, 6.07) is 1.55. The molecule has 1 aliphatic carbocycles. The van der Waals surface area contributed by atoms with Crippen LogP contribution in [-0.4, -0.2) is 65.2 Å². The van der Waals surface area contributed by atoms with Crippen molar-refractivity contribution in [3.63, 3.8) is 0 Å². The van der Waals surface area contributed by atoms with E-state index in [-0.39, 0.29) is 24.6 Å². The lowest BCUT2D eigenvalue weighted by Crippen LogP contribution is -2.36. The van der Waals surface area contributed by atoms with Crippen LogP contribution < -0.4 is 5.32 Å². The molecule has 0 bridgehead atoms. The molecule has 1 atom stereocenters. The standard InChI is InChI=1S/C23H28N4O6/c1-6-16-18(25-13-32-8-7-27(5)21(31)33-22(2,3)4)26-20(30)23(16)10-14-9-15(19(28)29)12-24-17(14)11-23/h6,9,12-13H,1,7-8,10-11H2,2-5H3,(H,26,30)(H,28,29)/b25-13-/t23-/m0/s1. The second kappa shape index (κ2) is 9.05. The lowest BCUT2D eigenvalue weighted by atomic mass is 9.78. The van der Waals surface area contributed by atoms with Crippen molar-refractivity contribution in [1.82, 2.24) is 15.2 Å². The zero-order valence-electron chi connectivity index (χ0n) is 19.2. The highest BCUT2D eigenvalue weighted by molar-refractivity contribution is 5.94. The lowest BCUT2D eigenvalue weighted by molar-refractivity contribution is -0.126. The number of rotatable bonds is 7. The number of fused-ring (bicyclic) bond motifs is 1. The second-order valence-corrected chi connectivity index (χ2v) is 9.00. The van der Waals surface area contributed by atoms with Gasteiger partial charge in [0.15, 0.2) is 6.40 Å². The summed E-state index contributed by atoms with van der Waals surface area (Å²) in [6.07, 6.45) is 4.27. The molecule has 33 heavy (non-hydrogen) atoms. The van der Waals surface area contributed by atoms with Crippen molar-refractivity contribution in [2.24, 2.45) is 10.4 Å². The number of ether oxygens (including phenoxy) is 2. The lowest BCUT2D eigenvalue weighted by Gasteiger charge is -2.24. The van der Waals surface area contributed by atoms with Crippen LogP contribution >= 0.6 is 0 Å². The highest BCUT2D eigenvalue weighted by Crippen LogP contribution is 2.46. The first kappa shape index (κ1) is 24.0. The summed E-state index contributed by atoms with van der Waals surface area (Å²) < 4.78 is 10.7. The van der Waals surface area contributed by atoms with Crippen LogP contribution in [0, 0.1) is 5.41 Å². The molecule has 0 saturated carbocycles. The van der Waals surface area contributed by atoms with E-state index in [2.05, 4.69) is 21.9 Å². The Balaban J connectivity index is 1.65. The SMILES string of the molecule is C=CC1=C(/N=C\OCCN(C)C(=O)OC(C)(C)C)NC(=O)[C@]12Cc1cc(C(=O)O)cnc1C2. The molecule has 2 amide bonds. The number of carbonyl (C=O) groups is 3. The van der Waals surface area contributed by atoms with Gasteiger partial charge < -0.3 is 24.8 Å². The third-order valence-electron chi connectivity index (χ3n) is 5.42. The molecular weight excluding hydrogens is 428 g/mol. The summed E-state index contributed by atoms with van der Waals surface area (Å²) in [4.78, 5) is 46.0. The topological polar surface area (TPSA) is 130 Å². The molecule has 0 unspecified atom stereocenters. The summed E-state index contributed by atoms with van der Waals surface area (Å²) in [7, 11) is 1.61. The summed E-state index contributed by atoms with van der Waals surface area (Å²) in [5, 5.41) is 12.0. The Morgan fingerprint density at radius 1 is 1.39 bits per heavy atom. The molecule has 1 spiro atoms. The number of hydrogen-bond donors (Lipinski definition) is 2. The number of pyridine rings is 1. The van der Waals surface area contributed by atoms with Crippen LogP contribution in [0.5, 0.6) is 0 Å². The van der Waals surface area contributed by atoms with Gasteiger partial charge in [-0.15, -0.1) is 0 Å². The Labute approximate surface area is 192 Å². The van der Waals surface area contributed by atoms with Gasteiger partial charge >= 0.3 is 12.1 Å². The first-order valence-electron chi connectivity index (χ1n) is 10.4. The van der Waals surface area contributed by atoms with Gasteiger partial charge in [-0.1, -0.05) is 12.7 Å². The van der Waals surface area contributed by atoms with E-state index in [9.17, 15) is 19.5 Å². The van der Waals surface area contributed by atoms with Crippen LogP contribution in [0.3, 0.4) is 0 Å². The summed E-state index contributed by atoms with van der Waals surface area (Å²) in [5.74, 6) is -0.993. The molecule has 176 valence electrons. The maximum absolute atomic E-state index is 12.9. The van der Waals surface area contributed by atoms with Crippen molar-refractivity contribution < 1.29 is 29.0 Å². The Morgan fingerprint density at radius 3 is 2.76 bits per heavy atom. The minimum Gasteiger partial charge on any atom is -0.481 e. The van der Waals surface area contributed by atoms with Gasteiger partial charge in [0, 0.05) is 30.9 Å². The fourth-order valence-electron chi connectivity index (χ4n) is 3.79. The molecule has 1 aliphatic heterocycles. The number of carboxylic acids is 1. The molecule has 2 N–H and O–H groups in total. The first-order chi connectivity index (χ1) is 15.5. The second-order valence-electron chi connectivity index (χ2n) is 9.00. The number of amides is 2. The van der Waals surface area contributed by atoms with E-state index in [0.717, 1.165) is 5.56 Å². The summed E-state index contributed by atoms with van der Waals surface area (Å²) >= 11 is 0. The molecule has 3 rings (SSSR count). The van der Waals surface area contributed by atoms with E-state index >= 15 is 0 Å². The fourth-order valence-corrected chi connectivity index (χ4v) is 3.79. The van der Waals surface area contributed by atoms with Crippen molar-refractivity contribution in [2.75, 3.05) is 20.2 Å². The van der Waals surface area contributed by atoms with E-state index in [1.54, 1.807) is 40.0 Å². The molecule has 0 radical (unpaired) electrons. The van der Waals surface area contributed by atoms with Crippen LogP contribution in [0.25, 0.3) is 0 Å². The largest absolute Gasteiger partial charge is 0.481 e. The summed E-state index contributed by atoms with van der Waals surface area (Å²) in [6.45, 7) is 9.68. The number of nitrogens with zero attached hydrogens (tertiary/aromatic N) is 3. The van der Waals surface area contributed by atoms with Gasteiger partial charge in [0.05, 0.1) is 17.5 Å². The van der Waals surface area contributed by atoms with E-state index < -0.39 is 23.1 Å². The van der Waals surface area contributed by atoms with E-state index in [1.165, 1.54) is 17.5 Å². The highest BCUT2D eigenvalue weighted by Gasteiger charge is 2.52. The van der Waals surface area contributed by atoms with Gasteiger partial charge in [-0.2, -0.15) is 0 Å². The van der Waals surface area contributed by atoms with Crippen molar-refractivity contribution in [1.29, 1.82) is 0 Å². The fraction of sp³-hybridized carbons (Fsp3) is 0.435. The number of hydrogen-bond acceptors (Lipinski definition) is 7. The quantitative estimate of drug-likeness (QED) is 0.366. The molecule has 10 heteroatoms. The number of aromatic carboxylic acids is 1. The maximum atomic E-state index is 12.9. The average Bonchev–Trinajstić information content (AvgIpc) is 3.22. The predicted molar refractivity (Wildman–Crippen MR) is 120 cm³/mol.